The summed E-state index contributed by atoms with van der Waals surface area (Å²) in [7, 11) is 1.57. The summed E-state index contributed by atoms with van der Waals surface area (Å²) in [4.78, 5) is 24.4. The zero-order valence-corrected chi connectivity index (χ0v) is 14.2. The molecular formula is C17H23FN4O2. The van der Waals surface area contributed by atoms with E-state index in [-0.39, 0.29) is 0 Å². The van der Waals surface area contributed by atoms with Gasteiger partial charge in [0.1, 0.15) is 5.82 Å². The molecule has 1 atom stereocenters. The van der Waals surface area contributed by atoms with Crippen molar-refractivity contribution in [3.8, 4) is 6.01 Å². The van der Waals surface area contributed by atoms with E-state index in [1.54, 1.807) is 7.11 Å². The number of anilines is 1. The van der Waals surface area contributed by atoms with Gasteiger partial charge in [0.25, 0.3) is 5.91 Å². The summed E-state index contributed by atoms with van der Waals surface area (Å²) < 4.78 is 18.3. The zero-order chi connectivity index (χ0) is 17.3. The van der Waals surface area contributed by atoms with Gasteiger partial charge in [0.15, 0.2) is 5.83 Å². The number of ether oxygens (including phenoxy) is 1. The van der Waals surface area contributed by atoms with E-state index in [2.05, 4.69) is 28.4 Å². The molecule has 1 saturated heterocycles. The van der Waals surface area contributed by atoms with E-state index < -0.39 is 11.7 Å². The molecule has 130 valence electrons. The lowest BCUT2D eigenvalue weighted by Gasteiger charge is -2.37. The average molecular weight is 334 g/mol. The Kier molecular flexibility index (Phi) is 4.69. The number of carbonyl (C=O) groups is 1. The van der Waals surface area contributed by atoms with Gasteiger partial charge < -0.3 is 14.5 Å². The second-order valence-corrected chi connectivity index (χ2v) is 6.49. The van der Waals surface area contributed by atoms with E-state index in [4.69, 9.17) is 4.74 Å². The molecule has 1 amide bonds. The lowest BCUT2D eigenvalue weighted by Crippen LogP contribution is -2.49. The van der Waals surface area contributed by atoms with Crippen molar-refractivity contribution in [3.63, 3.8) is 0 Å². The molecule has 1 aliphatic heterocycles. The third kappa shape index (κ3) is 3.20. The Balaban J connectivity index is 1.82. The number of amides is 1. The monoisotopic (exact) mass is 334 g/mol. The fourth-order valence-electron chi connectivity index (χ4n) is 3.39. The highest BCUT2D eigenvalue weighted by molar-refractivity contribution is 5.90. The van der Waals surface area contributed by atoms with Crippen molar-refractivity contribution >= 4 is 11.7 Å². The maximum Gasteiger partial charge on any atom is 0.318 e. The van der Waals surface area contributed by atoms with E-state index >= 15 is 0 Å². The molecule has 3 rings (SSSR count). The highest BCUT2D eigenvalue weighted by Crippen LogP contribution is 2.32. The molecule has 0 spiro atoms. The molecule has 1 fully saturated rings. The molecule has 24 heavy (non-hydrogen) atoms. The van der Waals surface area contributed by atoms with Crippen LogP contribution in [0.25, 0.3) is 0 Å². The molecule has 1 unspecified atom stereocenters. The van der Waals surface area contributed by atoms with Crippen molar-refractivity contribution in [2.75, 3.05) is 38.2 Å². The Bertz CT molecular complexity index is 656. The van der Waals surface area contributed by atoms with Crippen LogP contribution in [-0.2, 0) is 17.6 Å². The normalized spacial score (nSPS) is 20.5. The van der Waals surface area contributed by atoms with Crippen LogP contribution in [0.2, 0.25) is 0 Å². The van der Waals surface area contributed by atoms with Gasteiger partial charge >= 0.3 is 6.01 Å². The highest BCUT2D eigenvalue weighted by Gasteiger charge is 2.28. The quantitative estimate of drug-likeness (QED) is 0.788. The largest absolute Gasteiger partial charge is 0.467 e. The number of halogens is 1. The Hall–Kier alpha value is -2.18. The van der Waals surface area contributed by atoms with Crippen molar-refractivity contribution < 1.29 is 13.9 Å². The fourth-order valence-corrected chi connectivity index (χ4v) is 3.39. The minimum atomic E-state index is -0.904. The third-order valence-corrected chi connectivity index (χ3v) is 4.76. The van der Waals surface area contributed by atoms with Crippen molar-refractivity contribution in [3.05, 3.63) is 23.7 Å². The first-order valence-electron chi connectivity index (χ1n) is 8.32. The Morgan fingerprint density at radius 1 is 1.29 bits per heavy atom. The van der Waals surface area contributed by atoms with Crippen LogP contribution in [0.3, 0.4) is 0 Å². The van der Waals surface area contributed by atoms with Crippen molar-refractivity contribution in [2.45, 2.75) is 26.2 Å². The van der Waals surface area contributed by atoms with Gasteiger partial charge in [0.05, 0.1) is 12.8 Å². The number of aryl methyl sites for hydroxylation is 1. The maximum atomic E-state index is 13.0. The van der Waals surface area contributed by atoms with Gasteiger partial charge in [-0.25, -0.2) is 4.39 Å². The van der Waals surface area contributed by atoms with E-state index in [0.717, 1.165) is 30.8 Å². The lowest BCUT2D eigenvalue weighted by atomic mass is 9.88. The summed E-state index contributed by atoms with van der Waals surface area (Å²) in [6.45, 7) is 7.46. The number of methoxy groups -OCH3 is 1. The van der Waals surface area contributed by atoms with Gasteiger partial charge in [-0.2, -0.15) is 9.97 Å². The van der Waals surface area contributed by atoms with E-state index in [1.165, 1.54) is 10.5 Å². The van der Waals surface area contributed by atoms with Gasteiger partial charge in [-0.05, 0) is 25.2 Å². The maximum absolute atomic E-state index is 13.0. The predicted molar refractivity (Wildman–Crippen MR) is 88.8 cm³/mol. The van der Waals surface area contributed by atoms with Crippen LogP contribution in [-0.4, -0.2) is 54.1 Å². The average Bonchev–Trinajstić information content (AvgIpc) is 2.60. The number of aromatic nitrogens is 2. The molecule has 0 N–H and O–H groups in total. The Morgan fingerprint density at radius 2 is 2.00 bits per heavy atom. The minimum Gasteiger partial charge on any atom is -0.467 e. The zero-order valence-electron chi connectivity index (χ0n) is 14.2. The van der Waals surface area contributed by atoms with E-state index in [9.17, 15) is 9.18 Å². The second kappa shape index (κ2) is 6.75. The van der Waals surface area contributed by atoms with E-state index in [1.807, 2.05) is 0 Å². The van der Waals surface area contributed by atoms with Crippen LogP contribution in [0.4, 0.5) is 10.2 Å². The van der Waals surface area contributed by atoms with Crippen LogP contribution in [0.15, 0.2) is 12.4 Å². The predicted octanol–water partition coefficient (Wildman–Crippen LogP) is 1.74. The topological polar surface area (TPSA) is 58.6 Å². The van der Waals surface area contributed by atoms with Crippen LogP contribution < -0.4 is 9.64 Å². The minimum absolute atomic E-state index is 0.383. The molecule has 1 aromatic rings. The lowest BCUT2D eigenvalue weighted by molar-refractivity contribution is -0.128. The first-order valence-corrected chi connectivity index (χ1v) is 8.32. The molecule has 0 radical (unpaired) electrons. The smallest absolute Gasteiger partial charge is 0.318 e. The van der Waals surface area contributed by atoms with Crippen LogP contribution in [0.5, 0.6) is 6.01 Å². The van der Waals surface area contributed by atoms with Crippen LogP contribution in [0, 0.1) is 5.92 Å². The summed E-state index contributed by atoms with van der Waals surface area (Å²) >= 11 is 0. The van der Waals surface area contributed by atoms with Gasteiger partial charge in [-0.1, -0.05) is 13.5 Å². The summed E-state index contributed by atoms with van der Waals surface area (Å²) in [6, 6.07) is 0.383. The standard InChI is InChI=1S/C17H23FN4O2/c1-11-4-5-14-13(10-11)15(20-17(19-14)24-3)21-6-8-22(9-7-21)16(23)12(2)18/h11H,2,4-10H2,1,3H3. The molecule has 1 aliphatic carbocycles. The van der Waals surface area contributed by atoms with Gasteiger partial charge in [0.2, 0.25) is 0 Å². The number of nitrogens with zero attached hydrogens (tertiary/aromatic N) is 4. The van der Waals surface area contributed by atoms with E-state index in [0.29, 0.717) is 38.1 Å². The number of fused-ring (bicyclic) bond motifs is 1. The molecule has 0 aromatic carbocycles. The number of hydrogen-bond donors (Lipinski definition) is 0. The fraction of sp³-hybridized carbons (Fsp3) is 0.588. The summed E-state index contributed by atoms with van der Waals surface area (Å²) in [5.74, 6) is -0.0236. The number of rotatable bonds is 3. The molecule has 6 nitrogen and oxygen atoms in total. The Labute approximate surface area is 141 Å². The third-order valence-electron chi connectivity index (χ3n) is 4.76. The van der Waals surface area contributed by atoms with Gasteiger partial charge in [0, 0.05) is 31.7 Å². The summed E-state index contributed by atoms with van der Waals surface area (Å²) in [6.07, 6.45) is 3.01. The van der Waals surface area contributed by atoms with Gasteiger partial charge in [-0.3, -0.25) is 4.79 Å². The van der Waals surface area contributed by atoms with Crippen LogP contribution in [0.1, 0.15) is 24.6 Å². The molecule has 2 heterocycles. The molecule has 0 saturated carbocycles. The van der Waals surface area contributed by atoms with Crippen molar-refractivity contribution in [1.29, 1.82) is 0 Å². The summed E-state index contributed by atoms with van der Waals surface area (Å²) in [5.41, 5.74) is 2.25. The molecule has 2 aliphatic rings. The first-order chi connectivity index (χ1) is 11.5. The molecular weight excluding hydrogens is 311 g/mol. The number of piperazine rings is 1. The summed E-state index contributed by atoms with van der Waals surface area (Å²) in [5, 5.41) is 0. The van der Waals surface area contributed by atoms with Crippen molar-refractivity contribution in [2.24, 2.45) is 5.92 Å². The van der Waals surface area contributed by atoms with Crippen LogP contribution >= 0.6 is 0 Å². The molecule has 1 aromatic heterocycles. The highest BCUT2D eigenvalue weighted by atomic mass is 19.1. The first kappa shape index (κ1) is 16.7. The van der Waals surface area contributed by atoms with Crippen molar-refractivity contribution in [1.82, 2.24) is 14.9 Å². The number of carbonyl (C=O) groups excluding carboxylic acids is 1. The number of hydrogen-bond acceptors (Lipinski definition) is 5. The Morgan fingerprint density at radius 3 is 2.62 bits per heavy atom. The SMILES string of the molecule is C=C(F)C(=O)N1CCN(c2nc(OC)nc3c2CC(C)CC3)CC1. The second-order valence-electron chi connectivity index (χ2n) is 6.49. The van der Waals surface area contributed by atoms with Gasteiger partial charge in [-0.15, -0.1) is 0 Å². The molecule has 7 heteroatoms. The molecule has 0 bridgehead atoms.